The van der Waals surface area contributed by atoms with Crippen LogP contribution in [-0.4, -0.2) is 20.5 Å². The molecule has 0 bridgehead atoms. The van der Waals surface area contributed by atoms with Crippen LogP contribution in [0.4, 0.5) is 11.5 Å². The van der Waals surface area contributed by atoms with Gasteiger partial charge in [0.05, 0.1) is 22.4 Å². The summed E-state index contributed by atoms with van der Waals surface area (Å²) in [7, 11) is 0. The normalized spacial score (nSPS) is 11.5. The maximum Gasteiger partial charge on any atom is 0.270 e. The lowest BCUT2D eigenvalue weighted by Gasteiger charge is -2.00. The molecule has 0 aliphatic carbocycles. The Kier molecular flexibility index (Phi) is 4.61. The highest BCUT2D eigenvalue weighted by Gasteiger charge is 2.16. The average Bonchev–Trinajstić information content (AvgIpc) is 3.52. The third kappa shape index (κ3) is 3.49. The fourth-order valence-electron chi connectivity index (χ4n) is 3.19. The predicted octanol–water partition coefficient (Wildman–Crippen LogP) is 6.17. The molecule has 4 heterocycles. The zero-order chi connectivity index (χ0) is 21.4. The van der Waals surface area contributed by atoms with Crippen molar-refractivity contribution in [3.63, 3.8) is 0 Å². The Morgan fingerprint density at radius 1 is 1.10 bits per heavy atom. The number of imidazole rings is 1. The third-order valence-corrected chi connectivity index (χ3v) is 4.96. The van der Waals surface area contributed by atoms with Gasteiger partial charge < -0.3 is 8.83 Å². The highest BCUT2D eigenvalue weighted by molar-refractivity contribution is 6.33. The minimum absolute atomic E-state index is 0.0696. The van der Waals surface area contributed by atoms with E-state index >= 15 is 0 Å². The number of furan rings is 2. The number of hydrogen-bond donors (Lipinski definition) is 0. The van der Waals surface area contributed by atoms with Gasteiger partial charge in [-0.2, -0.15) is 0 Å². The second kappa shape index (κ2) is 7.58. The van der Waals surface area contributed by atoms with Gasteiger partial charge in [0.25, 0.3) is 5.69 Å². The van der Waals surface area contributed by atoms with E-state index in [1.54, 1.807) is 30.7 Å². The molecule has 0 aliphatic rings. The molecule has 0 amide bonds. The van der Waals surface area contributed by atoms with Crippen molar-refractivity contribution in [2.45, 2.75) is 0 Å². The number of nitro groups is 1. The summed E-state index contributed by atoms with van der Waals surface area (Å²) in [6.07, 6.45) is 4.99. The average molecular weight is 433 g/mol. The number of non-ortho nitro benzene ring substituents is 1. The molecule has 1 aromatic carbocycles. The summed E-state index contributed by atoms with van der Waals surface area (Å²) in [4.78, 5) is 19.8. The number of hydrogen-bond acceptors (Lipinski definition) is 6. The summed E-state index contributed by atoms with van der Waals surface area (Å²) in [6, 6.07) is 16.8. The van der Waals surface area contributed by atoms with Crippen LogP contribution in [0.1, 0.15) is 5.76 Å². The van der Waals surface area contributed by atoms with Crippen LogP contribution in [0.25, 0.3) is 28.4 Å². The van der Waals surface area contributed by atoms with Crippen LogP contribution in [-0.2, 0) is 0 Å². The molecule has 0 aliphatic heterocycles. The zero-order valence-electron chi connectivity index (χ0n) is 15.8. The van der Waals surface area contributed by atoms with Gasteiger partial charge in [0.2, 0.25) is 0 Å². The van der Waals surface area contributed by atoms with Crippen molar-refractivity contribution in [3.05, 3.63) is 94.0 Å². The lowest BCUT2D eigenvalue weighted by atomic mass is 10.1. The molecule has 8 nitrogen and oxygen atoms in total. The number of benzene rings is 1. The first-order chi connectivity index (χ1) is 15.1. The maximum atomic E-state index is 11.1. The summed E-state index contributed by atoms with van der Waals surface area (Å²) in [5, 5.41) is 11.4. The minimum atomic E-state index is -0.480. The minimum Gasteiger partial charge on any atom is -0.463 e. The fourth-order valence-corrected chi connectivity index (χ4v) is 3.40. The number of fused-ring (bicyclic) bond motifs is 1. The molecule has 31 heavy (non-hydrogen) atoms. The summed E-state index contributed by atoms with van der Waals surface area (Å²) < 4.78 is 13.2. The molecule has 0 spiro atoms. The van der Waals surface area contributed by atoms with Crippen molar-refractivity contribution < 1.29 is 13.8 Å². The number of halogens is 1. The van der Waals surface area contributed by atoms with Crippen molar-refractivity contribution in [3.8, 4) is 22.8 Å². The molecule has 0 radical (unpaired) electrons. The number of aromatic nitrogens is 2. The second-order valence-electron chi connectivity index (χ2n) is 6.57. The standard InChI is InChI=1S/C22H13ClN4O4/c23-17-8-6-14(27(28)29)12-16(17)18-9-7-15(31-18)13-24-22-21(19-4-3-11-30-19)25-20-5-1-2-10-26(20)22/h1-13H. The van der Waals surface area contributed by atoms with Gasteiger partial charge in [-0.05, 0) is 42.5 Å². The monoisotopic (exact) mass is 432 g/mol. The molecule has 0 saturated heterocycles. The number of nitrogens with zero attached hydrogens (tertiary/aromatic N) is 4. The lowest BCUT2D eigenvalue weighted by Crippen LogP contribution is -1.88. The quantitative estimate of drug-likeness (QED) is 0.188. The van der Waals surface area contributed by atoms with Crippen LogP contribution >= 0.6 is 11.6 Å². The van der Waals surface area contributed by atoms with Crippen molar-refractivity contribution in [2.75, 3.05) is 0 Å². The van der Waals surface area contributed by atoms with E-state index in [1.165, 1.54) is 18.2 Å². The van der Waals surface area contributed by atoms with Gasteiger partial charge >= 0.3 is 0 Å². The summed E-state index contributed by atoms with van der Waals surface area (Å²) in [6.45, 7) is 0. The molecule has 4 aromatic heterocycles. The number of aliphatic imine (C=N–C) groups is 1. The van der Waals surface area contributed by atoms with Gasteiger partial charge in [-0.3, -0.25) is 14.5 Å². The van der Waals surface area contributed by atoms with Crippen molar-refractivity contribution >= 4 is 35.0 Å². The zero-order valence-corrected chi connectivity index (χ0v) is 16.6. The Labute approximate surface area is 180 Å². The largest absolute Gasteiger partial charge is 0.463 e. The van der Waals surface area contributed by atoms with E-state index in [2.05, 4.69) is 9.98 Å². The first kappa shape index (κ1) is 18.8. The van der Waals surface area contributed by atoms with E-state index in [1.807, 2.05) is 34.9 Å². The van der Waals surface area contributed by atoms with Crippen molar-refractivity contribution in [2.24, 2.45) is 4.99 Å². The van der Waals surface area contributed by atoms with E-state index in [0.717, 1.165) is 5.65 Å². The molecule has 0 fully saturated rings. The Bertz CT molecular complexity index is 1430. The molecule has 5 aromatic rings. The molecular weight excluding hydrogens is 420 g/mol. The van der Waals surface area contributed by atoms with Crippen LogP contribution in [0.15, 0.2) is 87.0 Å². The number of pyridine rings is 1. The highest BCUT2D eigenvalue weighted by Crippen LogP contribution is 2.33. The Morgan fingerprint density at radius 2 is 2.00 bits per heavy atom. The highest BCUT2D eigenvalue weighted by atomic mass is 35.5. The topological polar surface area (TPSA) is 99.1 Å². The number of nitro benzene ring substituents is 1. The van der Waals surface area contributed by atoms with E-state index in [9.17, 15) is 10.1 Å². The van der Waals surface area contributed by atoms with Gasteiger partial charge in [0.1, 0.15) is 17.2 Å². The van der Waals surface area contributed by atoms with Gasteiger partial charge in [0.15, 0.2) is 17.3 Å². The van der Waals surface area contributed by atoms with Gasteiger partial charge in [-0.1, -0.05) is 17.7 Å². The molecule has 0 N–H and O–H groups in total. The summed E-state index contributed by atoms with van der Waals surface area (Å²) in [5.74, 6) is 2.03. The predicted molar refractivity (Wildman–Crippen MR) is 116 cm³/mol. The summed E-state index contributed by atoms with van der Waals surface area (Å²) in [5.41, 5.74) is 1.69. The molecule has 0 saturated carbocycles. The molecule has 152 valence electrons. The first-order valence-corrected chi connectivity index (χ1v) is 9.57. The second-order valence-corrected chi connectivity index (χ2v) is 6.98. The van der Waals surface area contributed by atoms with E-state index < -0.39 is 4.92 Å². The van der Waals surface area contributed by atoms with Crippen LogP contribution in [0.5, 0.6) is 0 Å². The van der Waals surface area contributed by atoms with Gasteiger partial charge in [-0.15, -0.1) is 0 Å². The molecule has 0 unspecified atom stereocenters. The van der Waals surface area contributed by atoms with E-state index in [0.29, 0.717) is 39.4 Å². The molecule has 9 heteroatoms. The maximum absolute atomic E-state index is 11.1. The first-order valence-electron chi connectivity index (χ1n) is 9.19. The summed E-state index contributed by atoms with van der Waals surface area (Å²) >= 11 is 6.21. The van der Waals surface area contributed by atoms with Crippen LogP contribution in [0.3, 0.4) is 0 Å². The Morgan fingerprint density at radius 3 is 2.81 bits per heavy atom. The Balaban J connectivity index is 1.53. The smallest absolute Gasteiger partial charge is 0.270 e. The SMILES string of the molecule is O=[N+]([O-])c1ccc(Cl)c(-c2ccc(C=Nc3c(-c4ccco4)nc4ccccn34)o2)c1. The third-order valence-electron chi connectivity index (χ3n) is 4.63. The van der Waals surface area contributed by atoms with E-state index in [4.69, 9.17) is 20.4 Å². The number of rotatable bonds is 5. The van der Waals surface area contributed by atoms with Crippen LogP contribution in [0, 0.1) is 10.1 Å². The van der Waals surface area contributed by atoms with Crippen molar-refractivity contribution in [1.82, 2.24) is 9.38 Å². The molecule has 5 rings (SSSR count). The van der Waals surface area contributed by atoms with Gasteiger partial charge in [-0.25, -0.2) is 9.98 Å². The van der Waals surface area contributed by atoms with Gasteiger partial charge in [0, 0.05) is 23.9 Å². The van der Waals surface area contributed by atoms with E-state index in [-0.39, 0.29) is 5.69 Å². The van der Waals surface area contributed by atoms with Crippen LogP contribution in [0.2, 0.25) is 5.02 Å². The fraction of sp³-hybridized carbons (Fsp3) is 0. The van der Waals surface area contributed by atoms with Crippen molar-refractivity contribution in [1.29, 1.82) is 0 Å². The molecule has 0 atom stereocenters. The molecular formula is C22H13ClN4O4. The van der Waals surface area contributed by atoms with Crippen LogP contribution < -0.4 is 0 Å². The Hall–Kier alpha value is -4.17. The lowest BCUT2D eigenvalue weighted by molar-refractivity contribution is -0.384.